The van der Waals surface area contributed by atoms with E-state index in [1.54, 1.807) is 13.0 Å². The largest absolute Gasteiger partial charge is 0.465 e. The van der Waals surface area contributed by atoms with Crippen molar-refractivity contribution in [2.75, 3.05) is 13.2 Å². The quantitative estimate of drug-likeness (QED) is 0.879. The third kappa shape index (κ3) is 2.83. The molecule has 23 heavy (non-hydrogen) atoms. The summed E-state index contributed by atoms with van der Waals surface area (Å²) in [6.07, 6.45) is 2.63. The van der Waals surface area contributed by atoms with E-state index in [0.29, 0.717) is 18.8 Å². The van der Waals surface area contributed by atoms with Crippen molar-refractivity contribution in [1.29, 1.82) is 0 Å². The van der Waals surface area contributed by atoms with E-state index in [1.807, 2.05) is 19.1 Å². The molecule has 0 spiro atoms. The van der Waals surface area contributed by atoms with E-state index in [2.05, 4.69) is 4.98 Å². The molecule has 3 rings (SSSR count). The van der Waals surface area contributed by atoms with Gasteiger partial charge in [0.2, 0.25) is 0 Å². The topological polar surface area (TPSA) is 68.4 Å². The van der Waals surface area contributed by atoms with Crippen molar-refractivity contribution >= 4 is 22.8 Å². The monoisotopic (exact) mass is 315 g/mol. The predicted molar refractivity (Wildman–Crippen MR) is 86.6 cm³/mol. The van der Waals surface area contributed by atoms with Gasteiger partial charge in [-0.15, -0.1) is 0 Å². The molecule has 0 bridgehead atoms. The number of hydrogen-bond donors (Lipinski definition) is 1. The Kier molecular flexibility index (Phi) is 4.37. The summed E-state index contributed by atoms with van der Waals surface area (Å²) in [6, 6.07) is 5.49. The molecule has 0 amide bonds. The van der Waals surface area contributed by atoms with Gasteiger partial charge in [-0.3, -0.25) is 4.79 Å². The molecular weight excluding hydrogens is 294 g/mol. The lowest BCUT2D eigenvalue weighted by Gasteiger charge is -2.20. The van der Waals surface area contributed by atoms with Crippen molar-refractivity contribution in [2.45, 2.75) is 39.0 Å². The van der Waals surface area contributed by atoms with Crippen LogP contribution in [0.3, 0.4) is 0 Å². The van der Waals surface area contributed by atoms with Gasteiger partial charge in [0.15, 0.2) is 0 Å². The van der Waals surface area contributed by atoms with Gasteiger partial charge in [-0.1, -0.05) is 0 Å². The first-order chi connectivity index (χ1) is 11.2. The minimum absolute atomic E-state index is 0.175. The number of esters is 2. The van der Waals surface area contributed by atoms with E-state index < -0.39 is 0 Å². The second-order valence-electron chi connectivity index (χ2n) is 5.69. The molecule has 1 atom stereocenters. The molecule has 0 fully saturated rings. The first-order valence-corrected chi connectivity index (χ1v) is 8.14. The number of carbonyl (C=O) groups is 2. The second kappa shape index (κ2) is 6.44. The lowest BCUT2D eigenvalue weighted by atomic mass is 9.86. The van der Waals surface area contributed by atoms with Crippen LogP contribution >= 0.6 is 0 Å². The van der Waals surface area contributed by atoms with Gasteiger partial charge in [0.05, 0.1) is 24.7 Å². The summed E-state index contributed by atoms with van der Waals surface area (Å²) in [6.45, 7) is 4.35. The molecule has 1 N–H and O–H groups in total. The molecule has 1 aromatic carbocycles. The van der Waals surface area contributed by atoms with Gasteiger partial charge in [-0.05, 0) is 56.9 Å². The van der Waals surface area contributed by atoms with Crippen LogP contribution in [0.4, 0.5) is 0 Å². The Balaban J connectivity index is 2.02. The molecule has 5 nitrogen and oxygen atoms in total. The van der Waals surface area contributed by atoms with E-state index in [0.717, 1.165) is 41.4 Å². The number of carbonyl (C=O) groups excluding carboxylic acids is 2. The fourth-order valence-electron chi connectivity index (χ4n) is 3.28. The van der Waals surface area contributed by atoms with Gasteiger partial charge in [-0.2, -0.15) is 0 Å². The Labute approximate surface area is 135 Å². The molecule has 5 heteroatoms. The first kappa shape index (κ1) is 15.6. The van der Waals surface area contributed by atoms with Gasteiger partial charge < -0.3 is 14.5 Å². The van der Waals surface area contributed by atoms with Gasteiger partial charge in [-0.25, -0.2) is 4.79 Å². The highest BCUT2D eigenvalue weighted by Gasteiger charge is 2.30. The van der Waals surface area contributed by atoms with Crippen molar-refractivity contribution in [3.05, 3.63) is 35.0 Å². The fraction of sp³-hybridized carbons (Fsp3) is 0.444. The van der Waals surface area contributed by atoms with E-state index in [-0.39, 0.29) is 17.9 Å². The Morgan fingerprint density at radius 1 is 1.22 bits per heavy atom. The zero-order valence-electron chi connectivity index (χ0n) is 13.5. The predicted octanol–water partition coefficient (Wildman–Crippen LogP) is 3.33. The smallest absolute Gasteiger partial charge is 0.338 e. The maximum Gasteiger partial charge on any atom is 0.338 e. The summed E-state index contributed by atoms with van der Waals surface area (Å²) < 4.78 is 10.3. The summed E-state index contributed by atoms with van der Waals surface area (Å²) in [7, 11) is 0. The number of ether oxygens (including phenoxy) is 2. The van der Waals surface area contributed by atoms with E-state index in [9.17, 15) is 9.59 Å². The summed E-state index contributed by atoms with van der Waals surface area (Å²) in [5.74, 6) is -0.732. The zero-order chi connectivity index (χ0) is 16.4. The number of hydrogen-bond acceptors (Lipinski definition) is 4. The highest BCUT2D eigenvalue weighted by Crippen LogP contribution is 2.37. The normalized spacial score (nSPS) is 16.9. The summed E-state index contributed by atoms with van der Waals surface area (Å²) in [5.41, 5.74) is 3.54. The fourth-order valence-corrected chi connectivity index (χ4v) is 3.28. The van der Waals surface area contributed by atoms with Crippen molar-refractivity contribution in [3.8, 4) is 0 Å². The Hall–Kier alpha value is -2.30. The van der Waals surface area contributed by atoms with Crippen molar-refractivity contribution in [3.63, 3.8) is 0 Å². The van der Waals surface area contributed by atoms with Crippen LogP contribution in [0.25, 0.3) is 10.9 Å². The van der Waals surface area contributed by atoms with E-state index in [4.69, 9.17) is 9.47 Å². The molecule has 1 heterocycles. The number of H-pyrrole nitrogens is 1. The third-order valence-electron chi connectivity index (χ3n) is 4.29. The number of rotatable bonds is 4. The minimum Gasteiger partial charge on any atom is -0.465 e. The van der Waals surface area contributed by atoms with Crippen LogP contribution in [-0.2, 0) is 20.7 Å². The van der Waals surface area contributed by atoms with Gasteiger partial charge in [0.1, 0.15) is 0 Å². The van der Waals surface area contributed by atoms with E-state index >= 15 is 0 Å². The summed E-state index contributed by atoms with van der Waals surface area (Å²) in [5, 5.41) is 1.000. The number of nitrogens with one attached hydrogen (secondary N) is 1. The van der Waals surface area contributed by atoms with Crippen molar-refractivity contribution in [1.82, 2.24) is 4.98 Å². The minimum atomic E-state index is -0.317. The Bertz CT molecular complexity index is 747. The van der Waals surface area contributed by atoms with Gasteiger partial charge in [0.25, 0.3) is 0 Å². The molecule has 0 saturated heterocycles. The lowest BCUT2D eigenvalue weighted by molar-refractivity contribution is -0.145. The average molecular weight is 315 g/mol. The maximum atomic E-state index is 12.2. The number of aryl methyl sites for hydroxylation is 1. The molecule has 1 aromatic heterocycles. The van der Waals surface area contributed by atoms with Crippen LogP contribution in [0.2, 0.25) is 0 Å². The zero-order valence-corrected chi connectivity index (χ0v) is 13.5. The van der Waals surface area contributed by atoms with E-state index in [1.165, 1.54) is 0 Å². The summed E-state index contributed by atoms with van der Waals surface area (Å²) >= 11 is 0. The van der Waals surface area contributed by atoms with Crippen molar-refractivity contribution < 1.29 is 19.1 Å². The molecule has 122 valence electrons. The molecule has 0 saturated carbocycles. The second-order valence-corrected chi connectivity index (χ2v) is 5.69. The van der Waals surface area contributed by atoms with Gasteiger partial charge in [0, 0.05) is 16.6 Å². The van der Waals surface area contributed by atoms with Crippen LogP contribution in [-0.4, -0.2) is 30.1 Å². The van der Waals surface area contributed by atoms with Crippen LogP contribution in [0, 0.1) is 0 Å². The molecule has 1 aliphatic rings. The van der Waals surface area contributed by atoms with Crippen LogP contribution in [0.1, 0.15) is 54.2 Å². The number of aromatic amines is 1. The highest BCUT2D eigenvalue weighted by molar-refractivity contribution is 5.97. The molecule has 1 aliphatic carbocycles. The lowest BCUT2D eigenvalue weighted by Crippen LogP contribution is -2.20. The Morgan fingerprint density at radius 3 is 2.74 bits per heavy atom. The molecule has 0 unspecified atom stereocenters. The molecule has 0 radical (unpaired) electrons. The van der Waals surface area contributed by atoms with Crippen LogP contribution in [0.5, 0.6) is 0 Å². The number of aromatic nitrogens is 1. The first-order valence-electron chi connectivity index (χ1n) is 8.14. The average Bonchev–Trinajstić information content (AvgIpc) is 2.93. The number of fused-ring (bicyclic) bond motifs is 3. The van der Waals surface area contributed by atoms with Crippen LogP contribution < -0.4 is 0 Å². The Morgan fingerprint density at radius 2 is 2.00 bits per heavy atom. The van der Waals surface area contributed by atoms with Gasteiger partial charge >= 0.3 is 11.9 Å². The maximum absolute atomic E-state index is 12.2. The van der Waals surface area contributed by atoms with Crippen molar-refractivity contribution in [2.24, 2.45) is 0 Å². The van der Waals surface area contributed by atoms with Crippen LogP contribution in [0.15, 0.2) is 18.2 Å². The molecule has 2 aromatic rings. The molecule has 0 aliphatic heterocycles. The third-order valence-corrected chi connectivity index (χ3v) is 4.29. The standard InChI is InChI=1S/C18H21NO4/c1-3-22-17(20)11-8-9-15-14(10-11)12-6-5-7-13(16(12)19-15)18(21)23-4-2/h8-10,13,19H,3-7H2,1-2H3/t13-/m0/s1. The number of benzene rings is 1. The highest BCUT2D eigenvalue weighted by atomic mass is 16.5. The summed E-state index contributed by atoms with van der Waals surface area (Å²) in [4.78, 5) is 27.5. The molecular formula is C18H21NO4. The SMILES string of the molecule is CCOC(=O)c1ccc2[nH]c3c(c2c1)CCC[C@@H]3C(=O)OCC.